The van der Waals surface area contributed by atoms with Gasteiger partial charge in [0.1, 0.15) is 17.2 Å². The van der Waals surface area contributed by atoms with Crippen molar-refractivity contribution in [2.75, 3.05) is 11.9 Å². The molecule has 1 aliphatic heterocycles. The third kappa shape index (κ3) is 2.47. The number of carboxylic acid groups (broad SMARTS) is 1. The monoisotopic (exact) mass is 304 g/mol. The minimum Gasteiger partial charge on any atom is -0.491 e. The summed E-state index contributed by atoms with van der Waals surface area (Å²) >= 11 is 1.05. The number of benzene rings is 1. The Labute approximate surface area is 124 Å². The second kappa shape index (κ2) is 5.17. The summed E-state index contributed by atoms with van der Waals surface area (Å²) in [5.74, 6) is -0.703. The SMILES string of the molecule is CC(=O)c1sc(NC2COc3ccccc32)nc1C(=O)O. The number of anilines is 1. The Balaban J connectivity index is 1.88. The number of ketones is 1. The van der Waals surface area contributed by atoms with E-state index in [2.05, 4.69) is 10.3 Å². The maximum absolute atomic E-state index is 11.5. The molecule has 0 spiro atoms. The zero-order chi connectivity index (χ0) is 15.0. The molecule has 1 aromatic carbocycles. The van der Waals surface area contributed by atoms with E-state index in [9.17, 15) is 9.59 Å². The molecule has 7 heteroatoms. The molecular formula is C14H12N2O4S. The first-order valence-electron chi connectivity index (χ1n) is 6.29. The Kier molecular flexibility index (Phi) is 3.34. The first kappa shape index (κ1) is 13.6. The van der Waals surface area contributed by atoms with Gasteiger partial charge in [-0.2, -0.15) is 0 Å². The first-order valence-corrected chi connectivity index (χ1v) is 7.11. The van der Waals surface area contributed by atoms with Crippen molar-refractivity contribution < 1.29 is 19.4 Å². The molecule has 3 rings (SSSR count). The predicted molar refractivity (Wildman–Crippen MR) is 77.4 cm³/mol. The highest BCUT2D eigenvalue weighted by molar-refractivity contribution is 7.17. The summed E-state index contributed by atoms with van der Waals surface area (Å²) in [6.07, 6.45) is 0. The van der Waals surface area contributed by atoms with Crippen molar-refractivity contribution in [1.82, 2.24) is 4.98 Å². The fraction of sp³-hybridized carbons (Fsp3) is 0.214. The molecule has 0 aliphatic carbocycles. The lowest BCUT2D eigenvalue weighted by molar-refractivity contribution is 0.0687. The highest BCUT2D eigenvalue weighted by atomic mass is 32.1. The fourth-order valence-electron chi connectivity index (χ4n) is 2.20. The van der Waals surface area contributed by atoms with Gasteiger partial charge in [-0.05, 0) is 6.07 Å². The number of Topliss-reactive ketones (excluding diaryl/α,β-unsaturated/α-hetero) is 1. The summed E-state index contributed by atoms with van der Waals surface area (Å²) in [7, 11) is 0. The smallest absolute Gasteiger partial charge is 0.356 e. The first-order chi connectivity index (χ1) is 10.1. The highest BCUT2D eigenvalue weighted by Gasteiger charge is 2.26. The van der Waals surface area contributed by atoms with Crippen LogP contribution in [0, 0.1) is 0 Å². The Morgan fingerprint density at radius 2 is 2.19 bits per heavy atom. The average molecular weight is 304 g/mol. The zero-order valence-electron chi connectivity index (χ0n) is 11.1. The number of aromatic carboxylic acids is 1. The van der Waals surface area contributed by atoms with Crippen LogP contribution in [0.3, 0.4) is 0 Å². The molecule has 1 aromatic heterocycles. The van der Waals surface area contributed by atoms with Crippen LogP contribution in [-0.2, 0) is 0 Å². The van der Waals surface area contributed by atoms with E-state index < -0.39 is 5.97 Å². The summed E-state index contributed by atoms with van der Waals surface area (Å²) in [5.41, 5.74) is 0.788. The second-order valence-corrected chi connectivity index (χ2v) is 5.60. The highest BCUT2D eigenvalue weighted by Crippen LogP contribution is 2.35. The number of para-hydroxylation sites is 1. The number of ether oxygens (including phenoxy) is 1. The maximum atomic E-state index is 11.5. The number of rotatable bonds is 4. The Bertz CT molecular complexity index is 694. The van der Waals surface area contributed by atoms with Crippen molar-refractivity contribution in [3.8, 4) is 5.75 Å². The summed E-state index contributed by atoms with van der Waals surface area (Å²) in [5, 5.41) is 12.6. The molecule has 0 amide bonds. The predicted octanol–water partition coefficient (Wildman–Crippen LogP) is 2.59. The molecular weight excluding hydrogens is 292 g/mol. The third-order valence-electron chi connectivity index (χ3n) is 3.15. The summed E-state index contributed by atoms with van der Waals surface area (Å²) in [6, 6.07) is 7.52. The van der Waals surface area contributed by atoms with Crippen LogP contribution >= 0.6 is 11.3 Å². The molecule has 0 radical (unpaired) electrons. The number of thiazole rings is 1. The molecule has 21 heavy (non-hydrogen) atoms. The summed E-state index contributed by atoms with van der Waals surface area (Å²) in [6.45, 7) is 1.77. The number of hydrogen-bond donors (Lipinski definition) is 2. The van der Waals surface area contributed by atoms with Crippen molar-refractivity contribution >= 4 is 28.2 Å². The summed E-state index contributed by atoms with van der Waals surface area (Å²) in [4.78, 5) is 26.7. The molecule has 2 aromatic rings. The minimum atomic E-state index is -1.20. The average Bonchev–Trinajstić information content (AvgIpc) is 3.04. The lowest BCUT2D eigenvalue weighted by Crippen LogP contribution is -2.12. The van der Waals surface area contributed by atoms with E-state index in [4.69, 9.17) is 9.84 Å². The Hall–Kier alpha value is -2.41. The van der Waals surface area contributed by atoms with Gasteiger partial charge in [-0.1, -0.05) is 29.5 Å². The molecule has 1 atom stereocenters. The van der Waals surface area contributed by atoms with Gasteiger partial charge in [-0.25, -0.2) is 9.78 Å². The zero-order valence-corrected chi connectivity index (χ0v) is 11.9. The fourth-order valence-corrected chi connectivity index (χ4v) is 3.10. The van der Waals surface area contributed by atoms with Crippen molar-refractivity contribution in [3.05, 3.63) is 40.4 Å². The molecule has 0 fully saturated rings. The van der Waals surface area contributed by atoms with E-state index in [1.54, 1.807) is 0 Å². The Morgan fingerprint density at radius 1 is 1.43 bits per heavy atom. The van der Waals surface area contributed by atoms with Crippen LogP contribution in [0.15, 0.2) is 24.3 Å². The van der Waals surface area contributed by atoms with E-state index >= 15 is 0 Å². The van der Waals surface area contributed by atoms with Gasteiger partial charge in [0.15, 0.2) is 16.6 Å². The van der Waals surface area contributed by atoms with Crippen LogP contribution in [0.5, 0.6) is 5.75 Å². The normalized spacial score (nSPS) is 16.1. The number of fused-ring (bicyclic) bond motifs is 1. The van der Waals surface area contributed by atoms with Gasteiger partial charge in [0.05, 0.1) is 6.04 Å². The molecule has 2 N–H and O–H groups in total. The van der Waals surface area contributed by atoms with Gasteiger partial charge in [-0.3, -0.25) is 4.79 Å². The molecule has 6 nitrogen and oxygen atoms in total. The Morgan fingerprint density at radius 3 is 2.86 bits per heavy atom. The molecule has 0 saturated heterocycles. The number of nitrogens with one attached hydrogen (secondary N) is 1. The van der Waals surface area contributed by atoms with Gasteiger partial charge >= 0.3 is 5.97 Å². The van der Waals surface area contributed by atoms with E-state index in [-0.39, 0.29) is 22.4 Å². The van der Waals surface area contributed by atoms with Crippen LogP contribution in [0.2, 0.25) is 0 Å². The van der Waals surface area contributed by atoms with Crippen molar-refractivity contribution in [3.63, 3.8) is 0 Å². The molecule has 1 aliphatic rings. The van der Waals surface area contributed by atoms with Gasteiger partial charge in [0.25, 0.3) is 0 Å². The van der Waals surface area contributed by atoms with E-state index in [1.165, 1.54) is 6.92 Å². The number of carbonyl (C=O) groups excluding carboxylic acids is 1. The second-order valence-electron chi connectivity index (χ2n) is 4.60. The molecule has 0 saturated carbocycles. The van der Waals surface area contributed by atoms with E-state index in [0.29, 0.717) is 11.7 Å². The molecule has 0 bridgehead atoms. The van der Waals surface area contributed by atoms with Gasteiger partial charge in [0.2, 0.25) is 0 Å². The number of carbonyl (C=O) groups is 2. The molecule has 108 valence electrons. The van der Waals surface area contributed by atoms with Crippen molar-refractivity contribution in [2.24, 2.45) is 0 Å². The third-order valence-corrected chi connectivity index (χ3v) is 4.23. The quantitative estimate of drug-likeness (QED) is 0.844. The number of nitrogens with zero attached hydrogens (tertiary/aromatic N) is 1. The van der Waals surface area contributed by atoms with Crippen LogP contribution in [-0.4, -0.2) is 28.4 Å². The van der Waals surface area contributed by atoms with Crippen LogP contribution in [0.25, 0.3) is 0 Å². The largest absolute Gasteiger partial charge is 0.491 e. The van der Waals surface area contributed by atoms with Crippen LogP contribution in [0.4, 0.5) is 5.13 Å². The van der Waals surface area contributed by atoms with Gasteiger partial charge in [0, 0.05) is 12.5 Å². The lowest BCUT2D eigenvalue weighted by Gasteiger charge is -2.09. The topological polar surface area (TPSA) is 88.5 Å². The van der Waals surface area contributed by atoms with Crippen molar-refractivity contribution in [2.45, 2.75) is 13.0 Å². The lowest BCUT2D eigenvalue weighted by atomic mass is 10.1. The number of aromatic nitrogens is 1. The van der Waals surface area contributed by atoms with Crippen LogP contribution < -0.4 is 10.1 Å². The number of hydrogen-bond acceptors (Lipinski definition) is 6. The maximum Gasteiger partial charge on any atom is 0.356 e. The molecule has 1 unspecified atom stereocenters. The molecule has 2 heterocycles. The van der Waals surface area contributed by atoms with E-state index in [0.717, 1.165) is 22.6 Å². The van der Waals surface area contributed by atoms with Crippen LogP contribution in [0.1, 0.15) is 38.7 Å². The summed E-state index contributed by atoms with van der Waals surface area (Å²) < 4.78 is 5.55. The minimum absolute atomic E-state index is 0.103. The number of carboxylic acids is 1. The van der Waals surface area contributed by atoms with Crippen molar-refractivity contribution in [1.29, 1.82) is 0 Å². The van der Waals surface area contributed by atoms with E-state index in [1.807, 2.05) is 24.3 Å². The van der Waals surface area contributed by atoms with Gasteiger partial charge < -0.3 is 15.2 Å². The van der Waals surface area contributed by atoms with Gasteiger partial charge in [-0.15, -0.1) is 0 Å². The standard InChI is InChI=1S/C14H12N2O4S/c1-7(17)12-11(13(18)19)16-14(21-12)15-9-6-20-10-5-3-2-4-8(9)10/h2-5,9H,6H2,1H3,(H,15,16)(H,18,19).